The Bertz CT molecular complexity index is 778. The summed E-state index contributed by atoms with van der Waals surface area (Å²) in [5, 5.41) is 14.3. The van der Waals surface area contributed by atoms with Crippen molar-refractivity contribution in [3.63, 3.8) is 0 Å². The monoisotopic (exact) mass is 366 g/mol. The molecule has 0 aromatic heterocycles. The molecule has 3 rings (SSSR count). The van der Waals surface area contributed by atoms with Gasteiger partial charge in [0.2, 0.25) is 0 Å². The summed E-state index contributed by atoms with van der Waals surface area (Å²) in [4.78, 5) is 23.3. The van der Waals surface area contributed by atoms with Crippen LogP contribution in [0.5, 0.6) is 0 Å². The van der Waals surface area contributed by atoms with Gasteiger partial charge < -0.3 is 5.32 Å². The first-order valence-corrected chi connectivity index (χ1v) is 9.64. The van der Waals surface area contributed by atoms with Gasteiger partial charge >= 0.3 is 0 Å². The molecule has 1 N–H and O–H groups in total. The Morgan fingerprint density at radius 1 is 1.07 bits per heavy atom. The van der Waals surface area contributed by atoms with Crippen LogP contribution in [0.25, 0.3) is 0 Å². The fraction of sp³-hybridized carbons (Fsp3) is 0.409. The third kappa shape index (κ3) is 5.16. The summed E-state index contributed by atoms with van der Waals surface area (Å²) in [6.07, 6.45) is 6.32. The lowest BCUT2D eigenvalue weighted by molar-refractivity contribution is -0.384. The highest BCUT2D eigenvalue weighted by molar-refractivity contribution is 5.96. The molecule has 27 heavy (non-hydrogen) atoms. The van der Waals surface area contributed by atoms with Crippen molar-refractivity contribution < 1.29 is 9.72 Å². The van der Waals surface area contributed by atoms with Crippen molar-refractivity contribution in [3.8, 4) is 0 Å². The highest BCUT2D eigenvalue weighted by atomic mass is 16.6. The minimum atomic E-state index is -0.399. The number of carbonyl (C=O) groups is 1. The third-order valence-electron chi connectivity index (χ3n) is 5.43. The summed E-state index contributed by atoms with van der Waals surface area (Å²) in [7, 11) is 0. The molecular weight excluding hydrogens is 340 g/mol. The third-order valence-corrected chi connectivity index (χ3v) is 5.43. The Morgan fingerprint density at radius 3 is 2.30 bits per heavy atom. The van der Waals surface area contributed by atoms with E-state index in [1.807, 2.05) is 31.2 Å². The second-order valence-corrected chi connectivity index (χ2v) is 7.45. The van der Waals surface area contributed by atoms with Gasteiger partial charge in [0.05, 0.1) is 4.92 Å². The van der Waals surface area contributed by atoms with Crippen molar-refractivity contribution in [2.45, 2.75) is 51.5 Å². The number of non-ortho nitro benzene ring substituents is 1. The first kappa shape index (κ1) is 19.1. The molecule has 1 aliphatic rings. The lowest BCUT2D eigenvalue weighted by Gasteiger charge is -2.31. The predicted molar refractivity (Wildman–Crippen MR) is 107 cm³/mol. The van der Waals surface area contributed by atoms with Crippen molar-refractivity contribution in [3.05, 3.63) is 69.8 Å². The largest absolute Gasteiger partial charge is 0.382 e. The Hall–Kier alpha value is -2.69. The Kier molecular flexibility index (Phi) is 6.22. The minimum Gasteiger partial charge on any atom is -0.382 e. The maximum Gasteiger partial charge on any atom is 0.269 e. The number of ketones is 1. The van der Waals surface area contributed by atoms with E-state index in [0.29, 0.717) is 12.3 Å². The standard InChI is InChI=1S/C22H26N2O3/c1-16-7-9-18(10-8-16)22(25)15-21(17-5-3-2-4-6-17)23-19-11-13-20(14-12-19)24(26)27/h7-14,17,21,23H,2-6,15H2,1H3. The quantitative estimate of drug-likeness (QED) is 0.397. The van der Waals surface area contributed by atoms with Crippen LogP contribution in [0.3, 0.4) is 0 Å². The number of rotatable bonds is 7. The van der Waals surface area contributed by atoms with E-state index < -0.39 is 4.92 Å². The van der Waals surface area contributed by atoms with Crippen LogP contribution in [0.4, 0.5) is 11.4 Å². The topological polar surface area (TPSA) is 72.2 Å². The van der Waals surface area contributed by atoms with Crippen LogP contribution in [-0.4, -0.2) is 16.7 Å². The molecule has 0 radical (unpaired) electrons. The van der Waals surface area contributed by atoms with Gasteiger partial charge in [-0.1, -0.05) is 49.1 Å². The second kappa shape index (κ2) is 8.80. The van der Waals surface area contributed by atoms with E-state index in [9.17, 15) is 14.9 Å². The molecular formula is C22H26N2O3. The molecule has 0 amide bonds. The van der Waals surface area contributed by atoms with E-state index in [-0.39, 0.29) is 17.5 Å². The van der Waals surface area contributed by atoms with Gasteiger partial charge in [0, 0.05) is 35.8 Å². The van der Waals surface area contributed by atoms with Gasteiger partial charge in [0.25, 0.3) is 5.69 Å². The van der Waals surface area contributed by atoms with Crippen molar-refractivity contribution in [2.75, 3.05) is 5.32 Å². The summed E-state index contributed by atoms with van der Waals surface area (Å²) in [5.41, 5.74) is 2.78. The Balaban J connectivity index is 1.74. The average Bonchev–Trinajstić information content (AvgIpc) is 2.69. The van der Waals surface area contributed by atoms with Crippen LogP contribution < -0.4 is 5.32 Å². The van der Waals surface area contributed by atoms with Gasteiger partial charge in [-0.2, -0.15) is 0 Å². The van der Waals surface area contributed by atoms with Crippen LogP contribution in [0.1, 0.15) is 54.4 Å². The fourth-order valence-corrected chi connectivity index (χ4v) is 3.82. The molecule has 142 valence electrons. The van der Waals surface area contributed by atoms with Crippen LogP contribution in [0.2, 0.25) is 0 Å². The predicted octanol–water partition coefficient (Wildman–Crippen LogP) is 5.54. The smallest absolute Gasteiger partial charge is 0.269 e. The normalized spacial score (nSPS) is 15.9. The summed E-state index contributed by atoms with van der Waals surface area (Å²) < 4.78 is 0. The fourth-order valence-electron chi connectivity index (χ4n) is 3.82. The maximum atomic E-state index is 12.8. The van der Waals surface area contributed by atoms with Gasteiger partial charge in [-0.3, -0.25) is 14.9 Å². The number of hydrogen-bond acceptors (Lipinski definition) is 4. The molecule has 0 heterocycles. The molecule has 0 bridgehead atoms. The van der Waals surface area contributed by atoms with Gasteiger partial charge in [0.1, 0.15) is 0 Å². The summed E-state index contributed by atoms with van der Waals surface area (Å²) >= 11 is 0. The molecule has 1 atom stereocenters. The van der Waals surface area contributed by atoms with Crippen LogP contribution in [0.15, 0.2) is 48.5 Å². The molecule has 2 aromatic rings. The molecule has 1 fully saturated rings. The highest BCUT2D eigenvalue weighted by Crippen LogP contribution is 2.31. The molecule has 0 aliphatic heterocycles. The lowest BCUT2D eigenvalue weighted by atomic mass is 9.81. The number of hydrogen-bond donors (Lipinski definition) is 1. The molecule has 5 nitrogen and oxygen atoms in total. The number of nitrogens with zero attached hydrogens (tertiary/aromatic N) is 1. The number of benzene rings is 2. The number of nitrogens with one attached hydrogen (secondary N) is 1. The van der Waals surface area contributed by atoms with E-state index in [1.54, 1.807) is 12.1 Å². The molecule has 1 saturated carbocycles. The first-order chi connectivity index (χ1) is 13.0. The van der Waals surface area contributed by atoms with Gasteiger partial charge in [-0.15, -0.1) is 0 Å². The van der Waals surface area contributed by atoms with Crippen LogP contribution >= 0.6 is 0 Å². The second-order valence-electron chi connectivity index (χ2n) is 7.45. The van der Waals surface area contributed by atoms with E-state index in [0.717, 1.165) is 29.7 Å². The molecule has 0 saturated heterocycles. The number of Topliss-reactive ketones (excluding diaryl/α,β-unsaturated/α-hetero) is 1. The zero-order chi connectivity index (χ0) is 19.2. The molecule has 5 heteroatoms. The molecule has 2 aromatic carbocycles. The number of aryl methyl sites for hydroxylation is 1. The zero-order valence-corrected chi connectivity index (χ0v) is 15.7. The summed E-state index contributed by atoms with van der Waals surface area (Å²) in [5.74, 6) is 0.586. The van der Waals surface area contributed by atoms with Crippen LogP contribution in [-0.2, 0) is 0 Å². The highest BCUT2D eigenvalue weighted by Gasteiger charge is 2.26. The van der Waals surface area contributed by atoms with Gasteiger partial charge in [0.15, 0.2) is 5.78 Å². The minimum absolute atomic E-state index is 0.0422. The Labute approximate surface area is 159 Å². The number of nitro benzene ring substituents is 1. The van der Waals surface area contributed by atoms with E-state index in [1.165, 1.54) is 31.4 Å². The van der Waals surface area contributed by atoms with Gasteiger partial charge in [-0.05, 0) is 37.8 Å². The molecule has 1 unspecified atom stereocenters. The first-order valence-electron chi connectivity index (χ1n) is 9.64. The van der Waals surface area contributed by atoms with Crippen molar-refractivity contribution in [1.82, 2.24) is 0 Å². The van der Waals surface area contributed by atoms with Crippen molar-refractivity contribution >= 4 is 17.2 Å². The number of anilines is 1. The molecule has 0 spiro atoms. The summed E-state index contributed by atoms with van der Waals surface area (Å²) in [6.45, 7) is 2.01. The zero-order valence-electron chi connectivity index (χ0n) is 15.7. The van der Waals surface area contributed by atoms with Crippen molar-refractivity contribution in [2.24, 2.45) is 5.92 Å². The maximum absolute atomic E-state index is 12.8. The molecule has 1 aliphatic carbocycles. The number of nitro groups is 1. The Morgan fingerprint density at radius 2 is 1.70 bits per heavy atom. The summed E-state index contributed by atoms with van der Waals surface area (Å²) in [6, 6.07) is 14.2. The van der Waals surface area contributed by atoms with E-state index >= 15 is 0 Å². The SMILES string of the molecule is Cc1ccc(C(=O)CC(Nc2ccc([N+](=O)[O-])cc2)C2CCCCC2)cc1. The number of carbonyl (C=O) groups excluding carboxylic acids is 1. The van der Waals surface area contributed by atoms with Crippen molar-refractivity contribution in [1.29, 1.82) is 0 Å². The van der Waals surface area contributed by atoms with E-state index in [4.69, 9.17) is 0 Å². The van der Waals surface area contributed by atoms with Gasteiger partial charge in [-0.25, -0.2) is 0 Å². The van der Waals surface area contributed by atoms with Crippen LogP contribution in [0, 0.1) is 23.0 Å². The average molecular weight is 366 g/mol. The lowest BCUT2D eigenvalue weighted by Crippen LogP contribution is -2.33. The van der Waals surface area contributed by atoms with E-state index in [2.05, 4.69) is 5.32 Å².